The van der Waals surface area contributed by atoms with Gasteiger partial charge in [0, 0.05) is 0 Å². The van der Waals surface area contributed by atoms with Crippen molar-refractivity contribution >= 4 is 11.0 Å². The van der Waals surface area contributed by atoms with Crippen LogP contribution in [0.1, 0.15) is 16.7 Å². The Kier molecular flexibility index (Phi) is 11.9. The molecule has 122 valence electrons. The lowest BCUT2D eigenvalue weighted by atomic mass is 10.2. The van der Waals surface area contributed by atoms with Crippen LogP contribution in [-0.4, -0.2) is 11.0 Å². The van der Waals surface area contributed by atoms with Crippen LogP contribution in [0, 0.1) is 34.0 Å². The van der Waals surface area contributed by atoms with Gasteiger partial charge in [0.2, 0.25) is 0 Å². The van der Waals surface area contributed by atoms with Crippen molar-refractivity contribution in [2.75, 3.05) is 0 Å². The standard InChI is InChI=1S/3C7H5N.H4Si/c3*8-6-7-4-2-1-3-5-7;/h3*1-5H;1H4. The van der Waals surface area contributed by atoms with Crippen LogP contribution in [0.15, 0.2) is 91.0 Å². The average molecular weight is 341 g/mol. The first-order valence-electron chi connectivity index (χ1n) is 7.15. The quantitative estimate of drug-likeness (QED) is 0.589. The van der Waals surface area contributed by atoms with Gasteiger partial charge in [-0.15, -0.1) is 0 Å². The van der Waals surface area contributed by atoms with E-state index in [0.29, 0.717) is 16.7 Å². The summed E-state index contributed by atoms with van der Waals surface area (Å²) in [5.41, 5.74) is 2.15. The number of hydrogen-bond donors (Lipinski definition) is 0. The molecule has 3 rings (SSSR count). The topological polar surface area (TPSA) is 71.4 Å². The van der Waals surface area contributed by atoms with Crippen molar-refractivity contribution < 1.29 is 0 Å². The van der Waals surface area contributed by atoms with Gasteiger partial charge in [-0.1, -0.05) is 54.6 Å². The fourth-order valence-corrected chi connectivity index (χ4v) is 1.54. The molecule has 0 spiro atoms. The summed E-state index contributed by atoms with van der Waals surface area (Å²) >= 11 is 0. The van der Waals surface area contributed by atoms with E-state index in [-0.39, 0.29) is 11.0 Å². The van der Waals surface area contributed by atoms with Gasteiger partial charge in [-0.3, -0.25) is 0 Å². The van der Waals surface area contributed by atoms with E-state index in [4.69, 9.17) is 15.8 Å². The molecule has 0 N–H and O–H groups in total. The largest absolute Gasteiger partial charge is 0.192 e. The predicted octanol–water partition coefficient (Wildman–Crippen LogP) is 3.22. The van der Waals surface area contributed by atoms with Crippen LogP contribution >= 0.6 is 0 Å². The van der Waals surface area contributed by atoms with Gasteiger partial charge >= 0.3 is 0 Å². The summed E-state index contributed by atoms with van der Waals surface area (Å²) in [6, 6.07) is 33.5. The van der Waals surface area contributed by atoms with Crippen LogP contribution in [0.4, 0.5) is 0 Å². The van der Waals surface area contributed by atoms with E-state index >= 15 is 0 Å². The van der Waals surface area contributed by atoms with Crippen LogP contribution in [-0.2, 0) is 0 Å². The first-order valence-corrected chi connectivity index (χ1v) is 7.15. The van der Waals surface area contributed by atoms with Gasteiger partial charge < -0.3 is 0 Å². The number of rotatable bonds is 0. The molecule has 0 saturated heterocycles. The van der Waals surface area contributed by atoms with Gasteiger partial charge in [-0.05, 0) is 47.4 Å². The van der Waals surface area contributed by atoms with Crippen LogP contribution in [0.2, 0.25) is 0 Å². The third-order valence-electron chi connectivity index (χ3n) is 2.71. The molecule has 0 aromatic heterocycles. The fourth-order valence-electron chi connectivity index (χ4n) is 1.54. The first kappa shape index (κ1) is 21.3. The molecule has 0 atom stereocenters. The Balaban J connectivity index is 0.000000339. The van der Waals surface area contributed by atoms with E-state index < -0.39 is 0 Å². The summed E-state index contributed by atoms with van der Waals surface area (Å²) in [6.07, 6.45) is 0. The molecule has 3 aromatic rings. The molecule has 0 radical (unpaired) electrons. The lowest BCUT2D eigenvalue weighted by molar-refractivity contribution is 1.49. The highest BCUT2D eigenvalue weighted by molar-refractivity contribution is 5.75. The van der Waals surface area contributed by atoms with E-state index in [9.17, 15) is 0 Å². The molecular weight excluding hydrogens is 322 g/mol. The smallest absolute Gasteiger partial charge is 0.0991 e. The van der Waals surface area contributed by atoms with Gasteiger partial charge in [0.25, 0.3) is 0 Å². The van der Waals surface area contributed by atoms with Crippen LogP contribution in [0.5, 0.6) is 0 Å². The zero-order valence-electron chi connectivity index (χ0n) is 13.0. The van der Waals surface area contributed by atoms with Gasteiger partial charge in [0.1, 0.15) is 0 Å². The molecule has 0 fully saturated rings. The van der Waals surface area contributed by atoms with E-state index in [1.165, 1.54) is 0 Å². The number of nitriles is 3. The zero-order valence-corrected chi connectivity index (χ0v) is 13.0. The van der Waals surface area contributed by atoms with E-state index in [0.717, 1.165) is 0 Å². The van der Waals surface area contributed by atoms with Crippen molar-refractivity contribution in [3.05, 3.63) is 108 Å². The molecule has 0 heterocycles. The van der Waals surface area contributed by atoms with Crippen molar-refractivity contribution in [3.8, 4) is 18.2 Å². The highest BCUT2D eigenvalue weighted by atomic mass is 28.1. The maximum Gasteiger partial charge on any atom is 0.0991 e. The lowest BCUT2D eigenvalue weighted by Crippen LogP contribution is -1.66. The fraction of sp³-hybridized carbons (Fsp3) is 0. The maximum atomic E-state index is 8.29. The Labute approximate surface area is 153 Å². The molecule has 0 saturated carbocycles. The lowest BCUT2D eigenvalue weighted by Gasteiger charge is -1.80. The highest BCUT2D eigenvalue weighted by Crippen LogP contribution is 1.94. The minimum Gasteiger partial charge on any atom is -0.192 e. The highest BCUT2D eigenvalue weighted by Gasteiger charge is 1.80. The Morgan fingerprint density at radius 3 is 0.720 bits per heavy atom. The van der Waals surface area contributed by atoms with Gasteiger partial charge in [-0.25, -0.2) is 0 Å². The second kappa shape index (κ2) is 14.0. The van der Waals surface area contributed by atoms with E-state index in [1.807, 2.05) is 72.8 Å². The Hall–Kier alpha value is -3.65. The molecular formula is C21H19N3Si. The molecule has 0 aliphatic heterocycles. The summed E-state index contributed by atoms with van der Waals surface area (Å²) < 4.78 is 0. The maximum absolute atomic E-state index is 8.29. The van der Waals surface area contributed by atoms with Crippen molar-refractivity contribution in [2.24, 2.45) is 0 Å². The van der Waals surface area contributed by atoms with Gasteiger partial charge in [0.05, 0.1) is 34.9 Å². The van der Waals surface area contributed by atoms with Crippen molar-refractivity contribution in [1.29, 1.82) is 15.8 Å². The third-order valence-corrected chi connectivity index (χ3v) is 2.71. The van der Waals surface area contributed by atoms with Crippen LogP contribution in [0.25, 0.3) is 0 Å². The average Bonchev–Trinajstić information content (AvgIpc) is 2.71. The molecule has 3 nitrogen and oxygen atoms in total. The molecule has 3 aromatic carbocycles. The summed E-state index contributed by atoms with van der Waals surface area (Å²) in [5.74, 6) is 0. The summed E-state index contributed by atoms with van der Waals surface area (Å²) in [5, 5.41) is 24.9. The van der Waals surface area contributed by atoms with Crippen molar-refractivity contribution in [1.82, 2.24) is 0 Å². The predicted molar refractivity (Wildman–Crippen MR) is 105 cm³/mol. The minimum absolute atomic E-state index is 0. The molecule has 0 aliphatic carbocycles. The molecule has 4 heteroatoms. The van der Waals surface area contributed by atoms with Gasteiger partial charge in [0.15, 0.2) is 0 Å². The number of nitrogens with zero attached hydrogens (tertiary/aromatic N) is 3. The Bertz CT molecular complexity index is 710. The summed E-state index contributed by atoms with van der Waals surface area (Å²) in [6.45, 7) is 0. The van der Waals surface area contributed by atoms with E-state index in [1.54, 1.807) is 36.4 Å². The van der Waals surface area contributed by atoms with Gasteiger partial charge in [-0.2, -0.15) is 15.8 Å². The molecule has 25 heavy (non-hydrogen) atoms. The Morgan fingerprint density at radius 1 is 0.400 bits per heavy atom. The molecule has 0 amide bonds. The van der Waals surface area contributed by atoms with Crippen LogP contribution < -0.4 is 0 Å². The second-order valence-corrected chi connectivity index (χ2v) is 4.43. The minimum atomic E-state index is 0. The number of benzene rings is 3. The first-order chi connectivity index (χ1) is 11.8. The van der Waals surface area contributed by atoms with Crippen molar-refractivity contribution in [2.45, 2.75) is 0 Å². The molecule has 0 unspecified atom stereocenters. The normalized spacial score (nSPS) is 7.56. The SMILES string of the molecule is N#Cc1ccccc1.N#Cc1ccccc1.N#Cc1ccccc1.[SiH4]. The van der Waals surface area contributed by atoms with E-state index in [2.05, 4.69) is 0 Å². The summed E-state index contributed by atoms with van der Waals surface area (Å²) in [7, 11) is 0. The third kappa shape index (κ3) is 9.87. The number of hydrogen-bond acceptors (Lipinski definition) is 3. The van der Waals surface area contributed by atoms with Crippen molar-refractivity contribution in [3.63, 3.8) is 0 Å². The zero-order chi connectivity index (χ0) is 17.5. The van der Waals surface area contributed by atoms with Crippen LogP contribution in [0.3, 0.4) is 0 Å². The summed E-state index contributed by atoms with van der Waals surface area (Å²) in [4.78, 5) is 0. The molecule has 0 aliphatic rings. The monoisotopic (exact) mass is 341 g/mol. The molecule has 0 bridgehead atoms. The second-order valence-electron chi connectivity index (χ2n) is 4.43. The Morgan fingerprint density at radius 2 is 0.600 bits per heavy atom.